The quantitative estimate of drug-likeness (QED) is 0.438. The second kappa shape index (κ2) is 7.82. The number of hydrogen-bond donors (Lipinski definition) is 4. The van der Waals surface area contributed by atoms with E-state index in [0.717, 1.165) is 12.1 Å². The lowest BCUT2D eigenvalue weighted by Gasteiger charge is -2.12. The van der Waals surface area contributed by atoms with Gasteiger partial charge in [0.15, 0.2) is 11.5 Å². The number of hydrogen-bond acceptors (Lipinski definition) is 6. The minimum absolute atomic E-state index is 0.00241. The molecule has 3 rings (SSSR count). The van der Waals surface area contributed by atoms with Crippen molar-refractivity contribution in [1.29, 1.82) is 0 Å². The average Bonchev–Trinajstić information content (AvgIpc) is 2.68. The number of carbonyl (C=O) groups excluding carboxylic acids is 1. The van der Waals surface area contributed by atoms with Gasteiger partial charge in [-0.15, -0.1) is 0 Å². The predicted molar refractivity (Wildman–Crippen MR) is 108 cm³/mol. The lowest BCUT2D eigenvalue weighted by molar-refractivity contribution is 0.102. The standard InChI is InChI=1S/C19H13Cl2NO6S/c20-10-1-3-11(4-2-10)29(27,28)12-5-7-14(21)15(9-12)22-19(26)13-6-8-16(23)18(25)17(13)24/h1-9,23-25H,(H,22,26). The molecule has 0 unspecified atom stereocenters. The predicted octanol–water partition coefficient (Wildman–Crippen LogP) is 4.20. The molecule has 7 nitrogen and oxygen atoms in total. The van der Waals surface area contributed by atoms with Crippen molar-refractivity contribution in [2.75, 3.05) is 5.32 Å². The van der Waals surface area contributed by atoms with Crippen molar-refractivity contribution in [2.45, 2.75) is 9.79 Å². The Morgan fingerprint density at radius 3 is 2.10 bits per heavy atom. The summed E-state index contributed by atoms with van der Waals surface area (Å²) in [6.45, 7) is 0. The highest BCUT2D eigenvalue weighted by molar-refractivity contribution is 7.91. The molecule has 1 amide bonds. The molecule has 0 heterocycles. The average molecular weight is 454 g/mol. The first-order valence-corrected chi connectivity index (χ1v) is 10.2. The summed E-state index contributed by atoms with van der Waals surface area (Å²) >= 11 is 11.9. The zero-order valence-corrected chi connectivity index (χ0v) is 16.8. The van der Waals surface area contributed by atoms with E-state index in [0.29, 0.717) is 5.02 Å². The van der Waals surface area contributed by atoms with Crippen LogP contribution in [0.4, 0.5) is 5.69 Å². The molecule has 0 aromatic heterocycles. The van der Waals surface area contributed by atoms with Crippen molar-refractivity contribution >= 4 is 44.6 Å². The molecule has 10 heteroatoms. The molecule has 3 aromatic carbocycles. The number of aromatic hydroxyl groups is 3. The van der Waals surface area contributed by atoms with E-state index in [1.807, 2.05) is 0 Å². The number of sulfone groups is 1. The SMILES string of the molecule is O=C(Nc1cc(S(=O)(=O)c2ccc(Cl)cc2)ccc1Cl)c1ccc(O)c(O)c1O. The molecule has 0 saturated carbocycles. The molecule has 150 valence electrons. The van der Waals surface area contributed by atoms with Gasteiger partial charge in [0, 0.05) is 5.02 Å². The van der Waals surface area contributed by atoms with Crippen LogP contribution in [0.1, 0.15) is 10.4 Å². The second-order valence-electron chi connectivity index (χ2n) is 5.88. The van der Waals surface area contributed by atoms with E-state index in [1.165, 1.54) is 42.5 Å². The summed E-state index contributed by atoms with van der Waals surface area (Å²) in [6.07, 6.45) is 0. The molecule has 4 N–H and O–H groups in total. The Morgan fingerprint density at radius 1 is 0.828 bits per heavy atom. The highest BCUT2D eigenvalue weighted by atomic mass is 35.5. The smallest absolute Gasteiger partial charge is 0.259 e. The van der Waals surface area contributed by atoms with Crippen LogP contribution in [-0.4, -0.2) is 29.6 Å². The van der Waals surface area contributed by atoms with Crippen LogP contribution in [-0.2, 0) is 9.84 Å². The lowest BCUT2D eigenvalue weighted by atomic mass is 10.1. The van der Waals surface area contributed by atoms with Crippen molar-refractivity contribution in [3.8, 4) is 17.2 Å². The van der Waals surface area contributed by atoms with Gasteiger partial charge in [-0.05, 0) is 54.6 Å². The van der Waals surface area contributed by atoms with Crippen LogP contribution in [0.15, 0.2) is 64.4 Å². The monoisotopic (exact) mass is 453 g/mol. The van der Waals surface area contributed by atoms with Gasteiger partial charge in [-0.1, -0.05) is 23.2 Å². The normalized spacial score (nSPS) is 11.2. The number of carbonyl (C=O) groups is 1. The van der Waals surface area contributed by atoms with Gasteiger partial charge in [-0.25, -0.2) is 8.42 Å². The van der Waals surface area contributed by atoms with Gasteiger partial charge in [0.25, 0.3) is 5.91 Å². The largest absolute Gasteiger partial charge is 0.504 e. The summed E-state index contributed by atoms with van der Waals surface area (Å²) in [7, 11) is -3.91. The summed E-state index contributed by atoms with van der Waals surface area (Å²) in [4.78, 5) is 12.3. The number of phenols is 3. The summed E-state index contributed by atoms with van der Waals surface area (Å²) in [5.74, 6) is -3.17. The molecule has 29 heavy (non-hydrogen) atoms. The van der Waals surface area contributed by atoms with Crippen molar-refractivity contribution in [1.82, 2.24) is 0 Å². The van der Waals surface area contributed by atoms with E-state index in [1.54, 1.807) is 0 Å². The molecule has 0 aliphatic carbocycles. The zero-order chi connectivity index (χ0) is 21.3. The van der Waals surface area contributed by atoms with Gasteiger partial charge in [0.2, 0.25) is 15.6 Å². The third-order valence-electron chi connectivity index (χ3n) is 3.99. The summed E-state index contributed by atoms with van der Waals surface area (Å²) in [6, 6.07) is 11.4. The summed E-state index contributed by atoms with van der Waals surface area (Å²) < 4.78 is 25.6. The van der Waals surface area contributed by atoms with Gasteiger partial charge < -0.3 is 20.6 Å². The highest BCUT2D eigenvalue weighted by Crippen LogP contribution is 2.37. The maximum absolute atomic E-state index is 12.8. The van der Waals surface area contributed by atoms with Crippen molar-refractivity contribution < 1.29 is 28.5 Å². The third kappa shape index (κ3) is 4.09. The van der Waals surface area contributed by atoms with Gasteiger partial charge in [-0.3, -0.25) is 4.79 Å². The van der Waals surface area contributed by atoms with Crippen molar-refractivity contribution in [2.24, 2.45) is 0 Å². The number of rotatable bonds is 4. The molecule has 0 bridgehead atoms. The second-order valence-corrected chi connectivity index (χ2v) is 8.68. The third-order valence-corrected chi connectivity index (χ3v) is 6.34. The molecule has 0 aliphatic rings. The Kier molecular flexibility index (Phi) is 5.61. The zero-order valence-electron chi connectivity index (χ0n) is 14.4. The van der Waals surface area contributed by atoms with Gasteiger partial charge in [-0.2, -0.15) is 0 Å². The molecule has 0 fully saturated rings. The van der Waals surface area contributed by atoms with Crippen LogP contribution >= 0.6 is 23.2 Å². The number of amides is 1. The van der Waals surface area contributed by atoms with Crippen LogP contribution in [0.25, 0.3) is 0 Å². The van der Waals surface area contributed by atoms with E-state index in [-0.39, 0.29) is 26.1 Å². The van der Waals surface area contributed by atoms with E-state index >= 15 is 0 Å². The summed E-state index contributed by atoms with van der Waals surface area (Å²) in [5, 5.41) is 31.6. The Labute approximate surface area is 175 Å². The Balaban J connectivity index is 1.97. The topological polar surface area (TPSA) is 124 Å². The van der Waals surface area contributed by atoms with Gasteiger partial charge >= 0.3 is 0 Å². The molecule has 3 aromatic rings. The number of phenolic OH excluding ortho intramolecular Hbond substituents is 3. The van der Waals surface area contributed by atoms with Crippen LogP contribution in [0.5, 0.6) is 17.2 Å². The molecule has 0 saturated heterocycles. The number of anilines is 1. The van der Waals surface area contributed by atoms with Gasteiger partial charge in [0.1, 0.15) is 0 Å². The van der Waals surface area contributed by atoms with E-state index < -0.39 is 33.0 Å². The minimum atomic E-state index is -3.91. The van der Waals surface area contributed by atoms with E-state index in [2.05, 4.69) is 5.32 Å². The van der Waals surface area contributed by atoms with Crippen molar-refractivity contribution in [3.05, 3.63) is 70.2 Å². The fraction of sp³-hybridized carbons (Fsp3) is 0. The van der Waals surface area contributed by atoms with Crippen LogP contribution < -0.4 is 5.32 Å². The lowest BCUT2D eigenvalue weighted by Crippen LogP contribution is -2.13. The van der Waals surface area contributed by atoms with E-state index in [4.69, 9.17) is 23.2 Å². The van der Waals surface area contributed by atoms with Crippen LogP contribution in [0.3, 0.4) is 0 Å². The fourth-order valence-corrected chi connectivity index (χ4v) is 4.04. The molecule has 0 atom stereocenters. The highest BCUT2D eigenvalue weighted by Gasteiger charge is 2.21. The molecule has 0 spiro atoms. The fourth-order valence-electron chi connectivity index (χ4n) is 2.46. The van der Waals surface area contributed by atoms with Gasteiger partial charge in [0.05, 0.1) is 26.1 Å². The maximum atomic E-state index is 12.8. The summed E-state index contributed by atoms with van der Waals surface area (Å²) in [5.41, 5.74) is -0.374. The first-order chi connectivity index (χ1) is 13.6. The Bertz CT molecular complexity index is 1210. The Hall–Kier alpha value is -2.94. The van der Waals surface area contributed by atoms with Crippen molar-refractivity contribution in [3.63, 3.8) is 0 Å². The number of halogens is 2. The molecular formula is C19H13Cl2NO6S. The molecule has 0 radical (unpaired) electrons. The minimum Gasteiger partial charge on any atom is -0.504 e. The number of benzene rings is 3. The Morgan fingerprint density at radius 2 is 1.45 bits per heavy atom. The van der Waals surface area contributed by atoms with E-state index in [9.17, 15) is 28.5 Å². The maximum Gasteiger partial charge on any atom is 0.259 e. The number of nitrogens with one attached hydrogen (secondary N) is 1. The van der Waals surface area contributed by atoms with Crippen LogP contribution in [0.2, 0.25) is 10.0 Å². The first kappa shape index (κ1) is 20.8. The molecular weight excluding hydrogens is 441 g/mol. The first-order valence-electron chi connectivity index (χ1n) is 7.96. The van der Waals surface area contributed by atoms with Crippen LogP contribution in [0, 0.1) is 0 Å². The molecule has 0 aliphatic heterocycles.